The van der Waals surface area contributed by atoms with E-state index >= 15 is 0 Å². The average Bonchev–Trinajstić information content (AvgIpc) is 2.58. The van der Waals surface area contributed by atoms with Crippen molar-refractivity contribution in [1.29, 1.82) is 0 Å². The summed E-state index contributed by atoms with van der Waals surface area (Å²) in [5, 5.41) is 0. The highest BCUT2D eigenvalue weighted by atomic mass is 28.4. The Morgan fingerprint density at radius 2 is 1.46 bits per heavy atom. The fourth-order valence-corrected chi connectivity index (χ4v) is 3.91. The van der Waals surface area contributed by atoms with Crippen molar-refractivity contribution in [2.45, 2.75) is 31.4 Å². The van der Waals surface area contributed by atoms with E-state index in [0.29, 0.717) is 5.75 Å². The number of carbonyl (C=O) groups is 1. The van der Waals surface area contributed by atoms with Crippen molar-refractivity contribution in [2.75, 3.05) is 7.11 Å². The number of hydrogen-bond acceptors (Lipinski definition) is 3. The number of Topliss-reactive ketones (excluding diaryl/α,β-unsaturated/α-hetero) is 1. The molecule has 2 aromatic carbocycles. The zero-order valence-corrected chi connectivity index (χ0v) is 16.1. The van der Waals surface area contributed by atoms with E-state index in [9.17, 15) is 18.0 Å². The van der Waals surface area contributed by atoms with Crippen molar-refractivity contribution in [3.63, 3.8) is 0 Å². The first-order valence-corrected chi connectivity index (χ1v) is 11.4. The second-order valence-electron chi connectivity index (χ2n) is 6.82. The van der Waals surface area contributed by atoms with E-state index in [1.807, 2.05) is 0 Å². The zero-order valence-electron chi connectivity index (χ0n) is 15.1. The molecule has 0 amide bonds. The molecule has 0 saturated carbocycles. The van der Waals surface area contributed by atoms with E-state index in [1.165, 1.54) is 55.6 Å². The molecular formula is C19H21F3O3Si. The molecule has 0 spiro atoms. The third kappa shape index (κ3) is 3.99. The minimum Gasteiger partial charge on any atom is -0.497 e. The molecule has 0 saturated heterocycles. The molecule has 0 fully saturated rings. The van der Waals surface area contributed by atoms with Crippen LogP contribution in [-0.2, 0) is 10.0 Å². The zero-order chi connectivity index (χ0) is 19.6. The van der Waals surface area contributed by atoms with Crippen LogP contribution >= 0.6 is 0 Å². The van der Waals surface area contributed by atoms with Crippen LogP contribution in [0.4, 0.5) is 13.2 Å². The molecule has 3 nitrogen and oxygen atoms in total. The highest BCUT2D eigenvalue weighted by molar-refractivity contribution is 6.70. The first-order chi connectivity index (χ1) is 12.0. The van der Waals surface area contributed by atoms with Gasteiger partial charge in [-0.05, 0) is 49.5 Å². The summed E-state index contributed by atoms with van der Waals surface area (Å²) >= 11 is 0. The molecule has 0 aromatic heterocycles. The van der Waals surface area contributed by atoms with Crippen LogP contribution in [0.1, 0.15) is 15.9 Å². The van der Waals surface area contributed by atoms with Gasteiger partial charge in [-0.2, -0.15) is 13.2 Å². The van der Waals surface area contributed by atoms with Gasteiger partial charge >= 0.3 is 6.18 Å². The van der Waals surface area contributed by atoms with Crippen molar-refractivity contribution in [3.8, 4) is 5.75 Å². The van der Waals surface area contributed by atoms with Crippen LogP contribution in [0.2, 0.25) is 19.6 Å². The van der Waals surface area contributed by atoms with Gasteiger partial charge < -0.3 is 9.16 Å². The fourth-order valence-electron chi connectivity index (χ4n) is 2.66. The van der Waals surface area contributed by atoms with Gasteiger partial charge in [0, 0.05) is 5.56 Å². The van der Waals surface area contributed by atoms with Crippen LogP contribution in [0.15, 0.2) is 54.6 Å². The van der Waals surface area contributed by atoms with Gasteiger partial charge in [0.05, 0.1) is 7.11 Å². The van der Waals surface area contributed by atoms with Crippen LogP contribution in [0, 0.1) is 0 Å². The lowest BCUT2D eigenvalue weighted by molar-refractivity contribution is -0.235. The van der Waals surface area contributed by atoms with Gasteiger partial charge in [0.2, 0.25) is 11.4 Å². The standard InChI is InChI=1S/C19H21F3O3Si/c1-24-16-12-10-14(11-13-16)17(23)18(19(20,21)22,25-26(2,3)4)15-8-6-5-7-9-15/h5-13H,1-4H3. The number of ketones is 1. The summed E-state index contributed by atoms with van der Waals surface area (Å²) in [7, 11) is -1.32. The number of halogens is 3. The number of methoxy groups -OCH3 is 1. The smallest absolute Gasteiger partial charge is 0.428 e. The Balaban J connectivity index is 2.70. The van der Waals surface area contributed by atoms with Crippen LogP contribution in [0.3, 0.4) is 0 Å². The molecule has 7 heteroatoms. The van der Waals surface area contributed by atoms with Gasteiger partial charge in [0.25, 0.3) is 0 Å². The third-order valence-corrected chi connectivity index (χ3v) is 4.63. The maximum absolute atomic E-state index is 14.3. The quantitative estimate of drug-likeness (QED) is 0.510. The predicted molar refractivity (Wildman–Crippen MR) is 95.9 cm³/mol. The minimum absolute atomic E-state index is 0.0924. The Hall–Kier alpha value is -2.12. The molecule has 0 aliphatic carbocycles. The number of alkyl halides is 3. The Bertz CT molecular complexity index is 752. The van der Waals surface area contributed by atoms with Crippen LogP contribution < -0.4 is 4.74 Å². The van der Waals surface area contributed by atoms with E-state index in [4.69, 9.17) is 9.16 Å². The number of hydrogen-bond donors (Lipinski definition) is 0. The van der Waals surface area contributed by atoms with Gasteiger partial charge in [-0.25, -0.2) is 0 Å². The Labute approximate surface area is 151 Å². The number of rotatable bonds is 6. The molecule has 0 aliphatic rings. The molecule has 140 valence electrons. The molecule has 1 unspecified atom stereocenters. The monoisotopic (exact) mass is 382 g/mol. The first kappa shape index (κ1) is 20.2. The molecular weight excluding hydrogens is 361 g/mol. The van der Waals surface area contributed by atoms with Crippen molar-refractivity contribution >= 4 is 14.1 Å². The Kier molecular flexibility index (Phi) is 5.63. The molecule has 0 bridgehead atoms. The summed E-state index contributed by atoms with van der Waals surface area (Å²) in [6, 6.07) is 12.6. The van der Waals surface area contributed by atoms with Crippen LogP contribution in [0.25, 0.3) is 0 Å². The highest BCUT2D eigenvalue weighted by Crippen LogP contribution is 2.46. The lowest BCUT2D eigenvalue weighted by atomic mass is 9.85. The average molecular weight is 382 g/mol. The van der Waals surface area contributed by atoms with Gasteiger partial charge in [0.15, 0.2) is 8.32 Å². The molecule has 0 heterocycles. The SMILES string of the molecule is COc1ccc(C(=O)C(O[Si](C)(C)C)(c2ccccc2)C(F)(F)F)cc1. The lowest BCUT2D eigenvalue weighted by Crippen LogP contribution is -2.56. The van der Waals surface area contributed by atoms with Crippen molar-refractivity contribution in [1.82, 2.24) is 0 Å². The van der Waals surface area contributed by atoms with Crippen LogP contribution in [0.5, 0.6) is 5.75 Å². The largest absolute Gasteiger partial charge is 0.497 e. The highest BCUT2D eigenvalue weighted by Gasteiger charge is 2.64. The summed E-state index contributed by atoms with van der Waals surface area (Å²) < 4.78 is 53.6. The minimum atomic E-state index is -4.92. The maximum Gasteiger partial charge on any atom is 0.428 e. The lowest BCUT2D eigenvalue weighted by Gasteiger charge is -2.39. The summed E-state index contributed by atoms with van der Waals surface area (Å²) in [6.07, 6.45) is -4.92. The molecule has 0 radical (unpaired) electrons. The third-order valence-electron chi connectivity index (χ3n) is 3.71. The van der Waals surface area contributed by atoms with Gasteiger partial charge in [-0.1, -0.05) is 30.3 Å². The first-order valence-electron chi connectivity index (χ1n) is 8.02. The molecule has 2 rings (SSSR count). The van der Waals surface area contributed by atoms with E-state index in [-0.39, 0.29) is 11.1 Å². The van der Waals surface area contributed by atoms with Gasteiger partial charge in [-0.3, -0.25) is 4.79 Å². The van der Waals surface area contributed by atoms with E-state index < -0.39 is 25.9 Å². The van der Waals surface area contributed by atoms with Crippen molar-refractivity contribution in [3.05, 3.63) is 65.7 Å². The predicted octanol–water partition coefficient (Wildman–Crippen LogP) is 5.19. The second-order valence-corrected chi connectivity index (χ2v) is 11.2. The molecule has 0 N–H and O–H groups in total. The second kappa shape index (κ2) is 7.24. The Morgan fingerprint density at radius 1 is 0.923 bits per heavy atom. The van der Waals surface area contributed by atoms with E-state index in [2.05, 4.69) is 0 Å². The maximum atomic E-state index is 14.3. The molecule has 0 aliphatic heterocycles. The van der Waals surface area contributed by atoms with Crippen molar-refractivity contribution < 1.29 is 27.1 Å². The van der Waals surface area contributed by atoms with E-state index in [0.717, 1.165) is 0 Å². The van der Waals surface area contributed by atoms with E-state index in [1.54, 1.807) is 25.7 Å². The normalized spacial score (nSPS) is 14.6. The summed E-state index contributed by atoms with van der Waals surface area (Å²) in [5.74, 6) is -0.689. The summed E-state index contributed by atoms with van der Waals surface area (Å²) in [4.78, 5) is 13.1. The number of benzene rings is 2. The molecule has 26 heavy (non-hydrogen) atoms. The molecule has 2 aromatic rings. The Morgan fingerprint density at radius 3 is 1.88 bits per heavy atom. The topological polar surface area (TPSA) is 35.5 Å². The van der Waals surface area contributed by atoms with Gasteiger partial charge in [-0.15, -0.1) is 0 Å². The number of carbonyl (C=O) groups excluding carboxylic acids is 1. The van der Waals surface area contributed by atoms with Crippen molar-refractivity contribution in [2.24, 2.45) is 0 Å². The van der Waals surface area contributed by atoms with Crippen LogP contribution in [-0.4, -0.2) is 27.4 Å². The summed E-state index contributed by atoms with van der Waals surface area (Å²) in [6.45, 7) is 4.87. The molecule has 1 atom stereocenters. The number of ether oxygens (including phenoxy) is 1. The fraction of sp³-hybridized carbons (Fsp3) is 0.316. The van der Waals surface area contributed by atoms with Gasteiger partial charge in [0.1, 0.15) is 5.75 Å². The summed E-state index contributed by atoms with van der Waals surface area (Å²) in [5.41, 5.74) is -3.37.